The summed E-state index contributed by atoms with van der Waals surface area (Å²) in [5, 5.41) is 2.88. The van der Waals surface area contributed by atoms with Gasteiger partial charge in [-0.25, -0.2) is 0 Å². The molecule has 0 atom stereocenters. The molecule has 0 aromatic heterocycles. The van der Waals surface area contributed by atoms with Crippen LogP contribution in [0.15, 0.2) is 48.5 Å². The summed E-state index contributed by atoms with van der Waals surface area (Å²) in [7, 11) is 0. The molecule has 1 heterocycles. The molecule has 3 rings (SSSR count). The van der Waals surface area contributed by atoms with Crippen molar-refractivity contribution in [1.29, 1.82) is 0 Å². The van der Waals surface area contributed by atoms with Gasteiger partial charge in [0.1, 0.15) is 5.75 Å². The molecule has 0 bridgehead atoms. The van der Waals surface area contributed by atoms with Crippen molar-refractivity contribution in [2.24, 2.45) is 0 Å². The number of carbonyl (C=O) groups is 2. The van der Waals surface area contributed by atoms with Crippen LogP contribution < -0.4 is 15.0 Å². The van der Waals surface area contributed by atoms with Crippen molar-refractivity contribution in [3.8, 4) is 5.75 Å². The fourth-order valence-electron chi connectivity index (χ4n) is 2.83. The lowest BCUT2D eigenvalue weighted by atomic mass is 10.2. The van der Waals surface area contributed by atoms with Gasteiger partial charge in [0.25, 0.3) is 5.91 Å². The summed E-state index contributed by atoms with van der Waals surface area (Å²) >= 11 is 0. The number of hydrogen-bond acceptors (Lipinski definition) is 3. The molecule has 5 nitrogen and oxygen atoms in total. The first-order chi connectivity index (χ1) is 12.0. The van der Waals surface area contributed by atoms with Crippen LogP contribution in [0.3, 0.4) is 0 Å². The molecule has 0 aliphatic carbocycles. The van der Waals surface area contributed by atoms with E-state index in [1.54, 1.807) is 29.2 Å². The molecule has 0 spiro atoms. The Morgan fingerprint density at radius 2 is 1.92 bits per heavy atom. The number of ether oxygens (including phenoxy) is 1. The summed E-state index contributed by atoms with van der Waals surface area (Å²) < 4.78 is 5.58. The highest BCUT2D eigenvalue weighted by molar-refractivity contribution is 6.05. The Hall–Kier alpha value is -2.82. The second kappa shape index (κ2) is 7.38. The molecule has 25 heavy (non-hydrogen) atoms. The van der Waals surface area contributed by atoms with Crippen LogP contribution in [0.2, 0.25) is 0 Å². The zero-order chi connectivity index (χ0) is 17.8. The van der Waals surface area contributed by atoms with Crippen LogP contribution >= 0.6 is 0 Å². The highest BCUT2D eigenvalue weighted by atomic mass is 16.5. The summed E-state index contributed by atoms with van der Waals surface area (Å²) in [5.41, 5.74) is 2.05. The Labute approximate surface area is 147 Å². The minimum absolute atomic E-state index is 0.0933. The van der Waals surface area contributed by atoms with Gasteiger partial charge in [-0.2, -0.15) is 0 Å². The average molecular weight is 338 g/mol. The van der Waals surface area contributed by atoms with Crippen molar-refractivity contribution >= 4 is 23.2 Å². The minimum Gasteiger partial charge on any atom is -0.491 e. The Morgan fingerprint density at radius 1 is 1.16 bits per heavy atom. The van der Waals surface area contributed by atoms with Crippen LogP contribution in [-0.2, 0) is 4.79 Å². The summed E-state index contributed by atoms with van der Waals surface area (Å²) in [6, 6.07) is 14.4. The SMILES string of the molecule is CC(C)Oc1ccc(C(=O)Nc2cccc(N3CCCC3=O)c2)cc1. The number of anilines is 2. The topological polar surface area (TPSA) is 58.6 Å². The highest BCUT2D eigenvalue weighted by Gasteiger charge is 2.21. The molecule has 5 heteroatoms. The van der Waals surface area contributed by atoms with E-state index in [2.05, 4.69) is 5.32 Å². The third kappa shape index (κ3) is 4.18. The van der Waals surface area contributed by atoms with Gasteiger partial charge >= 0.3 is 0 Å². The van der Waals surface area contributed by atoms with Crippen molar-refractivity contribution in [1.82, 2.24) is 0 Å². The monoisotopic (exact) mass is 338 g/mol. The Kier molecular flexibility index (Phi) is 5.03. The quantitative estimate of drug-likeness (QED) is 0.901. The van der Waals surface area contributed by atoms with Crippen LogP contribution in [0.5, 0.6) is 5.75 Å². The van der Waals surface area contributed by atoms with Gasteiger partial charge in [-0.3, -0.25) is 9.59 Å². The fourth-order valence-corrected chi connectivity index (χ4v) is 2.83. The van der Waals surface area contributed by atoms with E-state index in [0.29, 0.717) is 17.7 Å². The van der Waals surface area contributed by atoms with Crippen molar-refractivity contribution in [3.63, 3.8) is 0 Å². The second-order valence-electron chi connectivity index (χ2n) is 6.34. The maximum absolute atomic E-state index is 12.4. The van der Waals surface area contributed by atoms with Gasteiger partial charge in [-0.15, -0.1) is 0 Å². The van der Waals surface area contributed by atoms with Gasteiger partial charge in [-0.1, -0.05) is 6.07 Å². The summed E-state index contributed by atoms with van der Waals surface area (Å²) in [4.78, 5) is 26.0. The maximum atomic E-state index is 12.4. The van der Waals surface area contributed by atoms with E-state index in [1.165, 1.54) is 0 Å². The summed E-state index contributed by atoms with van der Waals surface area (Å²) in [6.07, 6.45) is 1.55. The van der Waals surface area contributed by atoms with Crippen LogP contribution in [0.4, 0.5) is 11.4 Å². The van der Waals surface area contributed by atoms with Crippen LogP contribution in [0.1, 0.15) is 37.0 Å². The number of amides is 2. The molecule has 0 radical (unpaired) electrons. The zero-order valence-corrected chi connectivity index (χ0v) is 14.5. The van der Waals surface area contributed by atoms with Gasteiger partial charge in [-0.05, 0) is 62.7 Å². The molecule has 2 amide bonds. The second-order valence-corrected chi connectivity index (χ2v) is 6.34. The number of nitrogens with zero attached hydrogens (tertiary/aromatic N) is 1. The van der Waals surface area contributed by atoms with E-state index >= 15 is 0 Å². The molecule has 1 saturated heterocycles. The lowest BCUT2D eigenvalue weighted by Gasteiger charge is -2.17. The first kappa shape index (κ1) is 17.0. The van der Waals surface area contributed by atoms with Crippen molar-refractivity contribution in [3.05, 3.63) is 54.1 Å². The predicted octanol–water partition coefficient (Wildman–Crippen LogP) is 3.85. The summed E-state index contributed by atoms with van der Waals surface area (Å²) in [5.74, 6) is 0.673. The number of rotatable bonds is 5. The molecule has 130 valence electrons. The van der Waals surface area contributed by atoms with Gasteiger partial charge in [0.05, 0.1) is 6.10 Å². The van der Waals surface area contributed by atoms with Gasteiger partial charge in [0.15, 0.2) is 0 Å². The Bertz CT molecular complexity index is 769. The Balaban J connectivity index is 1.69. The average Bonchev–Trinajstić information content (AvgIpc) is 3.01. The zero-order valence-electron chi connectivity index (χ0n) is 14.5. The molecular formula is C20H22N2O3. The third-order valence-electron chi connectivity index (χ3n) is 3.98. The molecule has 1 aliphatic heterocycles. The molecule has 1 N–H and O–H groups in total. The Morgan fingerprint density at radius 3 is 2.56 bits per heavy atom. The van der Waals surface area contributed by atoms with Crippen LogP contribution in [-0.4, -0.2) is 24.5 Å². The normalized spacial score (nSPS) is 14.0. The lowest BCUT2D eigenvalue weighted by Crippen LogP contribution is -2.23. The van der Waals surface area contributed by atoms with Crippen molar-refractivity contribution < 1.29 is 14.3 Å². The molecule has 1 fully saturated rings. The number of hydrogen-bond donors (Lipinski definition) is 1. The fraction of sp³-hybridized carbons (Fsp3) is 0.300. The van der Waals surface area contributed by atoms with Gasteiger partial charge in [0.2, 0.25) is 5.91 Å². The molecule has 0 saturated carbocycles. The smallest absolute Gasteiger partial charge is 0.255 e. The number of carbonyl (C=O) groups excluding carboxylic acids is 2. The standard InChI is InChI=1S/C20H22N2O3/c1-14(2)25-18-10-8-15(9-11-18)20(24)21-16-5-3-6-17(13-16)22-12-4-7-19(22)23/h3,5-6,8-11,13-14H,4,7,12H2,1-2H3,(H,21,24). The van der Waals surface area contributed by atoms with E-state index in [-0.39, 0.29) is 17.9 Å². The first-order valence-electron chi connectivity index (χ1n) is 8.51. The molecular weight excluding hydrogens is 316 g/mol. The number of nitrogens with one attached hydrogen (secondary N) is 1. The third-order valence-corrected chi connectivity index (χ3v) is 3.98. The van der Waals surface area contributed by atoms with Crippen LogP contribution in [0, 0.1) is 0 Å². The first-order valence-corrected chi connectivity index (χ1v) is 8.51. The van der Waals surface area contributed by atoms with E-state index in [1.807, 2.05) is 38.1 Å². The van der Waals surface area contributed by atoms with Crippen LogP contribution in [0.25, 0.3) is 0 Å². The lowest BCUT2D eigenvalue weighted by molar-refractivity contribution is -0.117. The maximum Gasteiger partial charge on any atom is 0.255 e. The molecule has 1 aliphatic rings. The van der Waals surface area contributed by atoms with Gasteiger partial charge in [0, 0.05) is 29.9 Å². The van der Waals surface area contributed by atoms with E-state index in [4.69, 9.17) is 4.74 Å². The highest BCUT2D eigenvalue weighted by Crippen LogP contribution is 2.24. The van der Waals surface area contributed by atoms with Crippen molar-refractivity contribution in [2.75, 3.05) is 16.8 Å². The number of benzene rings is 2. The molecule has 0 unspecified atom stereocenters. The largest absolute Gasteiger partial charge is 0.491 e. The van der Waals surface area contributed by atoms with E-state index in [9.17, 15) is 9.59 Å². The van der Waals surface area contributed by atoms with E-state index in [0.717, 1.165) is 24.4 Å². The van der Waals surface area contributed by atoms with Gasteiger partial charge < -0.3 is 15.0 Å². The van der Waals surface area contributed by atoms with E-state index < -0.39 is 0 Å². The molecule has 2 aromatic rings. The summed E-state index contributed by atoms with van der Waals surface area (Å²) in [6.45, 7) is 4.64. The molecule has 2 aromatic carbocycles. The predicted molar refractivity (Wildman–Crippen MR) is 98.2 cm³/mol. The minimum atomic E-state index is -0.194. The van der Waals surface area contributed by atoms with Crippen molar-refractivity contribution in [2.45, 2.75) is 32.8 Å².